The Morgan fingerprint density at radius 3 is 2.56 bits per heavy atom. The van der Waals surface area contributed by atoms with Crippen LogP contribution in [0.15, 0.2) is 23.3 Å². The monoisotopic (exact) mass is 480 g/mol. The minimum absolute atomic E-state index is 0.0679. The fraction of sp³-hybridized carbons (Fsp3) is 0.700. The molecule has 34 heavy (non-hydrogen) atoms. The molecule has 14 heteroatoms. The summed E-state index contributed by atoms with van der Waals surface area (Å²) < 4.78 is 0. The van der Waals surface area contributed by atoms with E-state index >= 15 is 0 Å². The van der Waals surface area contributed by atoms with Gasteiger partial charge < -0.3 is 36.4 Å². The molecule has 0 aliphatic carbocycles. The molecule has 2 fully saturated rings. The number of rotatable bonds is 10. The van der Waals surface area contributed by atoms with E-state index in [4.69, 9.17) is 5.53 Å². The Labute approximate surface area is 196 Å². The molecule has 7 N–H and O–H groups in total. The highest BCUT2D eigenvalue weighted by Gasteiger charge is 2.41. The lowest BCUT2D eigenvalue weighted by molar-refractivity contribution is -0.383. The second-order valence-corrected chi connectivity index (χ2v) is 8.57. The molecule has 0 amide bonds. The number of nitrogens with zero attached hydrogens (tertiary/aromatic N) is 5. The third-order valence-corrected chi connectivity index (χ3v) is 6.48. The van der Waals surface area contributed by atoms with E-state index in [1.54, 1.807) is 4.90 Å². The average molecular weight is 481 g/mol. The average Bonchev–Trinajstić information content (AvgIpc) is 2.83. The van der Waals surface area contributed by atoms with Gasteiger partial charge in [-0.1, -0.05) is 11.2 Å². The lowest BCUT2D eigenvalue weighted by Gasteiger charge is -2.44. The lowest BCUT2D eigenvalue weighted by Crippen LogP contribution is -2.63. The van der Waals surface area contributed by atoms with Gasteiger partial charge in [-0.15, -0.1) is 0 Å². The lowest BCUT2D eigenvalue weighted by atomic mass is 9.92. The first-order chi connectivity index (χ1) is 16.3. The van der Waals surface area contributed by atoms with Gasteiger partial charge >= 0.3 is 0 Å². The van der Waals surface area contributed by atoms with Crippen molar-refractivity contribution in [2.75, 3.05) is 44.6 Å². The number of hydrogen-bond donors (Lipinski definition) is 7. The van der Waals surface area contributed by atoms with Crippen LogP contribution in [-0.2, 0) is 0 Å². The number of nitro benzene ring substituents is 1. The molecule has 3 rings (SSSR count). The third kappa shape index (κ3) is 6.31. The van der Waals surface area contributed by atoms with Crippen molar-refractivity contribution in [2.24, 2.45) is 5.11 Å². The summed E-state index contributed by atoms with van der Waals surface area (Å²) in [6.07, 6.45) is -2.26. The number of benzene rings is 1. The molecule has 0 aromatic heterocycles. The van der Waals surface area contributed by atoms with Gasteiger partial charge in [-0.3, -0.25) is 15.0 Å². The third-order valence-electron chi connectivity index (χ3n) is 6.48. The van der Waals surface area contributed by atoms with Gasteiger partial charge in [0.15, 0.2) is 0 Å². The molecule has 14 nitrogen and oxygen atoms in total. The Bertz CT molecular complexity index is 885. The maximum atomic E-state index is 11.4. The molecule has 0 radical (unpaired) electrons. The summed E-state index contributed by atoms with van der Waals surface area (Å²) in [5.74, 6) is 0. The number of azide groups is 1. The number of β-amino-alcohol motifs (C(OH)–C–C–N with tert-alkyl or cyclic N) is 1. The van der Waals surface area contributed by atoms with Crippen molar-refractivity contribution in [3.63, 3.8) is 0 Å². The van der Waals surface area contributed by atoms with Crippen molar-refractivity contribution >= 4 is 17.1 Å². The molecule has 6 atom stereocenters. The highest BCUT2D eigenvalue weighted by Crippen LogP contribution is 2.29. The highest BCUT2D eigenvalue weighted by atomic mass is 16.6. The maximum Gasteiger partial charge on any atom is 0.292 e. The van der Waals surface area contributed by atoms with Gasteiger partial charge in [0.05, 0.1) is 23.7 Å². The van der Waals surface area contributed by atoms with E-state index in [1.807, 2.05) is 0 Å². The predicted molar refractivity (Wildman–Crippen MR) is 124 cm³/mol. The van der Waals surface area contributed by atoms with Gasteiger partial charge in [0.1, 0.15) is 17.9 Å². The number of piperazine rings is 1. The highest BCUT2D eigenvalue weighted by molar-refractivity contribution is 5.66. The van der Waals surface area contributed by atoms with Gasteiger partial charge in [0, 0.05) is 61.5 Å². The van der Waals surface area contributed by atoms with Crippen molar-refractivity contribution in [1.82, 2.24) is 15.5 Å². The van der Waals surface area contributed by atoms with E-state index in [1.165, 1.54) is 18.2 Å². The zero-order valence-corrected chi connectivity index (χ0v) is 18.7. The van der Waals surface area contributed by atoms with Gasteiger partial charge in [-0.25, -0.2) is 0 Å². The summed E-state index contributed by atoms with van der Waals surface area (Å²) in [6.45, 7) is 2.34. The first-order valence-corrected chi connectivity index (χ1v) is 11.3. The van der Waals surface area contributed by atoms with Gasteiger partial charge in [0.25, 0.3) is 5.69 Å². The molecular weight excluding hydrogens is 448 g/mol. The summed E-state index contributed by atoms with van der Waals surface area (Å²) in [5, 5.41) is 64.5. The molecule has 2 heterocycles. The fourth-order valence-electron chi connectivity index (χ4n) is 4.64. The smallest absolute Gasteiger partial charge is 0.292 e. The van der Waals surface area contributed by atoms with E-state index in [9.17, 15) is 30.5 Å². The molecule has 2 aliphatic heterocycles. The molecular formula is C20H32N8O6. The molecule has 188 valence electrons. The van der Waals surface area contributed by atoms with Crippen LogP contribution in [0.25, 0.3) is 10.4 Å². The molecule has 2 saturated heterocycles. The zero-order valence-electron chi connectivity index (χ0n) is 18.7. The maximum absolute atomic E-state index is 11.4. The van der Waals surface area contributed by atoms with E-state index in [2.05, 4.69) is 26.0 Å². The molecule has 2 unspecified atom stereocenters. The van der Waals surface area contributed by atoms with E-state index in [0.29, 0.717) is 31.6 Å². The number of likely N-dealkylation sites (tertiary alicyclic amines) is 1. The Balaban J connectivity index is 1.56. The Morgan fingerprint density at radius 1 is 1.21 bits per heavy atom. The van der Waals surface area contributed by atoms with Crippen LogP contribution in [0.3, 0.4) is 0 Å². The number of aliphatic hydroxyl groups is 4. The number of nitro groups is 1. The Hall–Kier alpha value is -2.55. The number of anilines is 1. The van der Waals surface area contributed by atoms with Gasteiger partial charge in [-0.2, -0.15) is 0 Å². The second kappa shape index (κ2) is 12.2. The van der Waals surface area contributed by atoms with E-state index in [0.717, 1.165) is 13.1 Å². The second-order valence-electron chi connectivity index (χ2n) is 8.57. The summed E-state index contributed by atoms with van der Waals surface area (Å²) in [7, 11) is 0. The van der Waals surface area contributed by atoms with Crippen LogP contribution in [0.2, 0.25) is 0 Å². The largest absolute Gasteiger partial charge is 0.395 e. The first-order valence-electron chi connectivity index (χ1n) is 11.3. The van der Waals surface area contributed by atoms with Gasteiger partial charge in [0.2, 0.25) is 0 Å². The standard InChI is InChI=1S/C20H32N8O6/c21-26-25-12-1-2-15(16(9-12)28(33)34)22-5-3-13-14(24-7-6-23-13)4-8-27-10-18(30)20(32)19(31)17(27)11-29/h1-2,9,13-14,17-20,22-24,29-32H,3-8,10-11H2/t13?,14?,17-,18+,19-,20-/m1/s1. The summed E-state index contributed by atoms with van der Waals surface area (Å²) in [4.78, 5) is 15.3. The Morgan fingerprint density at radius 2 is 1.91 bits per heavy atom. The van der Waals surface area contributed by atoms with E-state index in [-0.39, 0.29) is 36.6 Å². The van der Waals surface area contributed by atoms with Crippen LogP contribution in [0.1, 0.15) is 12.8 Å². The zero-order chi connectivity index (χ0) is 24.7. The minimum Gasteiger partial charge on any atom is -0.395 e. The fourth-order valence-corrected chi connectivity index (χ4v) is 4.64. The van der Waals surface area contributed by atoms with Crippen LogP contribution in [-0.4, -0.2) is 106 Å². The van der Waals surface area contributed by atoms with Crippen LogP contribution >= 0.6 is 0 Å². The van der Waals surface area contributed by atoms with Crippen LogP contribution in [0.5, 0.6) is 0 Å². The number of nitrogens with one attached hydrogen (secondary N) is 3. The van der Waals surface area contributed by atoms with Crippen LogP contribution in [0, 0.1) is 10.1 Å². The number of hydrogen-bond acceptors (Lipinski definition) is 11. The molecule has 1 aromatic rings. The summed E-state index contributed by atoms with van der Waals surface area (Å²) in [5.41, 5.74) is 8.86. The quantitative estimate of drug-likeness (QED) is 0.0743. The number of piperidine rings is 1. The first kappa shape index (κ1) is 26.1. The van der Waals surface area contributed by atoms with Crippen molar-refractivity contribution in [1.29, 1.82) is 0 Å². The molecule has 0 spiro atoms. The summed E-state index contributed by atoms with van der Waals surface area (Å²) in [6, 6.07) is 3.74. The van der Waals surface area contributed by atoms with Crippen molar-refractivity contribution in [3.05, 3.63) is 38.8 Å². The van der Waals surface area contributed by atoms with Crippen molar-refractivity contribution in [2.45, 2.75) is 49.3 Å². The molecule has 1 aromatic carbocycles. The normalized spacial score (nSPS) is 29.9. The molecule has 0 bridgehead atoms. The number of aliphatic hydroxyl groups excluding tert-OH is 4. The topological polar surface area (TPSA) is 212 Å². The van der Waals surface area contributed by atoms with Crippen molar-refractivity contribution < 1.29 is 25.3 Å². The van der Waals surface area contributed by atoms with Crippen LogP contribution < -0.4 is 16.0 Å². The van der Waals surface area contributed by atoms with Gasteiger partial charge in [-0.05, 0) is 24.4 Å². The SMILES string of the molecule is [N-]=[N+]=Nc1ccc(NCCC2NCCNC2CCN2C[C@H](O)[C@@H](O)[C@H](O)[C@H]2CO)c([N+](=O)[O-])c1. The van der Waals surface area contributed by atoms with Crippen molar-refractivity contribution in [3.8, 4) is 0 Å². The minimum atomic E-state index is -1.29. The predicted octanol–water partition coefficient (Wildman–Crippen LogP) is -0.582. The molecule has 2 aliphatic rings. The summed E-state index contributed by atoms with van der Waals surface area (Å²) >= 11 is 0. The molecule has 0 saturated carbocycles. The van der Waals surface area contributed by atoms with Crippen LogP contribution in [0.4, 0.5) is 17.1 Å². The Kier molecular flexibility index (Phi) is 9.38. The van der Waals surface area contributed by atoms with E-state index < -0.39 is 29.3 Å².